The molecule has 0 aliphatic carbocycles. The molecule has 0 spiro atoms. The first-order valence-corrected chi connectivity index (χ1v) is 10.0. The summed E-state index contributed by atoms with van der Waals surface area (Å²) in [6, 6.07) is 15.6. The van der Waals surface area contributed by atoms with Crippen LogP contribution in [-0.2, 0) is 7.05 Å². The SMILES string of the molecule is Cn1c(-c2ccc(F)cc2)c(C(=O)NC2CC3CCC(C2)N3)c2ccccc21. The van der Waals surface area contributed by atoms with Gasteiger partial charge in [-0.15, -0.1) is 0 Å². The molecule has 2 fully saturated rings. The highest BCUT2D eigenvalue weighted by atomic mass is 19.1. The molecule has 1 amide bonds. The largest absolute Gasteiger partial charge is 0.349 e. The first-order valence-electron chi connectivity index (χ1n) is 10.0. The molecule has 5 rings (SSSR count). The summed E-state index contributed by atoms with van der Waals surface area (Å²) in [7, 11) is 1.96. The van der Waals surface area contributed by atoms with Crippen LogP contribution in [0.25, 0.3) is 22.2 Å². The number of hydrogen-bond acceptors (Lipinski definition) is 2. The average molecular weight is 377 g/mol. The van der Waals surface area contributed by atoms with Crippen molar-refractivity contribution in [2.75, 3.05) is 0 Å². The molecule has 2 N–H and O–H groups in total. The van der Waals surface area contributed by atoms with Crippen LogP contribution in [0.5, 0.6) is 0 Å². The highest BCUT2D eigenvalue weighted by molar-refractivity contribution is 6.12. The second-order valence-corrected chi connectivity index (χ2v) is 8.09. The van der Waals surface area contributed by atoms with Gasteiger partial charge in [-0.2, -0.15) is 0 Å². The molecule has 5 heteroatoms. The maximum atomic E-state index is 13.5. The van der Waals surface area contributed by atoms with E-state index in [1.54, 1.807) is 12.1 Å². The zero-order valence-corrected chi connectivity index (χ0v) is 15.9. The minimum Gasteiger partial charge on any atom is -0.349 e. The molecule has 1 aromatic heterocycles. The Balaban J connectivity index is 1.56. The van der Waals surface area contributed by atoms with Gasteiger partial charge in [-0.1, -0.05) is 18.2 Å². The molecular weight excluding hydrogens is 353 g/mol. The van der Waals surface area contributed by atoms with Gasteiger partial charge >= 0.3 is 0 Å². The van der Waals surface area contributed by atoms with Gasteiger partial charge in [-0.05, 0) is 61.6 Å². The van der Waals surface area contributed by atoms with Crippen molar-refractivity contribution >= 4 is 16.8 Å². The number of hydrogen-bond donors (Lipinski definition) is 2. The minimum atomic E-state index is -0.279. The predicted octanol–water partition coefficient (Wildman–Crippen LogP) is 4.00. The van der Waals surface area contributed by atoms with E-state index in [4.69, 9.17) is 0 Å². The molecule has 3 heterocycles. The summed E-state index contributed by atoms with van der Waals surface area (Å²) >= 11 is 0. The topological polar surface area (TPSA) is 46.1 Å². The first-order chi connectivity index (χ1) is 13.6. The van der Waals surface area contributed by atoms with Crippen molar-refractivity contribution in [1.29, 1.82) is 0 Å². The number of nitrogens with zero attached hydrogens (tertiary/aromatic N) is 1. The fourth-order valence-corrected chi connectivity index (χ4v) is 5.00. The van der Waals surface area contributed by atoms with Crippen molar-refractivity contribution in [2.45, 2.75) is 43.8 Å². The summed E-state index contributed by atoms with van der Waals surface area (Å²) in [6.45, 7) is 0. The van der Waals surface area contributed by atoms with Crippen molar-refractivity contribution in [3.63, 3.8) is 0 Å². The number of piperidine rings is 1. The standard InChI is InChI=1S/C23H24FN3O/c1-27-20-5-3-2-4-19(20)21(22(27)14-6-8-15(24)9-7-14)23(28)26-18-12-16-10-11-17(13-18)25-16/h2-9,16-18,25H,10-13H2,1H3,(H,26,28). The summed E-state index contributed by atoms with van der Waals surface area (Å²) in [5.41, 5.74) is 3.35. The number of aromatic nitrogens is 1. The Kier molecular flexibility index (Phi) is 4.20. The van der Waals surface area contributed by atoms with Gasteiger partial charge in [-0.25, -0.2) is 4.39 Å². The molecule has 0 radical (unpaired) electrons. The van der Waals surface area contributed by atoms with E-state index in [0.717, 1.165) is 35.0 Å². The van der Waals surface area contributed by atoms with Gasteiger partial charge in [0.05, 0.1) is 11.3 Å². The van der Waals surface area contributed by atoms with Crippen LogP contribution < -0.4 is 10.6 Å². The van der Waals surface area contributed by atoms with Crippen molar-refractivity contribution in [1.82, 2.24) is 15.2 Å². The molecule has 0 saturated carbocycles. The zero-order valence-electron chi connectivity index (χ0n) is 15.9. The number of carbonyl (C=O) groups excluding carboxylic acids is 1. The molecule has 2 unspecified atom stereocenters. The van der Waals surface area contributed by atoms with E-state index < -0.39 is 0 Å². The van der Waals surface area contributed by atoms with Gasteiger partial charge in [0.25, 0.3) is 5.91 Å². The Labute approximate surface area is 163 Å². The second-order valence-electron chi connectivity index (χ2n) is 8.09. The highest BCUT2D eigenvalue weighted by Gasteiger charge is 2.35. The number of carbonyl (C=O) groups is 1. The Morgan fingerprint density at radius 2 is 1.75 bits per heavy atom. The number of halogens is 1. The first kappa shape index (κ1) is 17.4. The maximum absolute atomic E-state index is 13.5. The molecule has 2 aliphatic heterocycles. The van der Waals surface area contributed by atoms with E-state index in [-0.39, 0.29) is 17.8 Å². The van der Waals surface area contributed by atoms with Crippen LogP contribution in [0.1, 0.15) is 36.0 Å². The van der Waals surface area contributed by atoms with Crippen LogP contribution in [0.2, 0.25) is 0 Å². The van der Waals surface area contributed by atoms with E-state index in [1.807, 2.05) is 35.9 Å². The molecule has 2 atom stereocenters. The van der Waals surface area contributed by atoms with E-state index in [1.165, 1.54) is 25.0 Å². The quantitative estimate of drug-likeness (QED) is 0.725. The van der Waals surface area contributed by atoms with E-state index in [9.17, 15) is 9.18 Å². The van der Waals surface area contributed by atoms with Crippen LogP contribution in [0.3, 0.4) is 0 Å². The number of rotatable bonds is 3. The smallest absolute Gasteiger partial charge is 0.254 e. The molecule has 28 heavy (non-hydrogen) atoms. The van der Waals surface area contributed by atoms with Crippen molar-refractivity contribution in [3.8, 4) is 11.3 Å². The van der Waals surface area contributed by atoms with Gasteiger partial charge in [-0.3, -0.25) is 4.79 Å². The summed E-state index contributed by atoms with van der Waals surface area (Å²) in [6.07, 6.45) is 4.37. The predicted molar refractivity (Wildman–Crippen MR) is 109 cm³/mol. The van der Waals surface area contributed by atoms with Crippen LogP contribution >= 0.6 is 0 Å². The van der Waals surface area contributed by atoms with Crippen molar-refractivity contribution < 1.29 is 9.18 Å². The third-order valence-electron chi connectivity index (χ3n) is 6.26. The van der Waals surface area contributed by atoms with Gasteiger partial charge in [0.15, 0.2) is 0 Å². The summed E-state index contributed by atoms with van der Waals surface area (Å²) < 4.78 is 15.5. The molecule has 4 nitrogen and oxygen atoms in total. The van der Waals surface area contributed by atoms with Crippen LogP contribution in [-0.4, -0.2) is 28.6 Å². The lowest BCUT2D eigenvalue weighted by atomic mass is 9.98. The fraction of sp³-hybridized carbons (Fsp3) is 0.348. The number of amides is 1. The van der Waals surface area contributed by atoms with E-state index in [0.29, 0.717) is 17.6 Å². The number of aryl methyl sites for hydroxylation is 1. The lowest BCUT2D eigenvalue weighted by Gasteiger charge is -2.29. The lowest BCUT2D eigenvalue weighted by Crippen LogP contribution is -2.48. The monoisotopic (exact) mass is 377 g/mol. The average Bonchev–Trinajstić information content (AvgIpc) is 3.19. The number of nitrogens with one attached hydrogen (secondary N) is 2. The highest BCUT2D eigenvalue weighted by Crippen LogP contribution is 2.34. The summed E-state index contributed by atoms with van der Waals surface area (Å²) in [5.74, 6) is -0.318. The van der Waals surface area contributed by atoms with Gasteiger partial charge in [0.2, 0.25) is 0 Å². The molecule has 2 bridgehead atoms. The van der Waals surface area contributed by atoms with Gasteiger partial charge in [0, 0.05) is 36.1 Å². The molecule has 144 valence electrons. The minimum absolute atomic E-state index is 0.0394. The fourth-order valence-electron chi connectivity index (χ4n) is 5.00. The van der Waals surface area contributed by atoms with Crippen LogP contribution in [0.4, 0.5) is 4.39 Å². The summed E-state index contributed by atoms with van der Waals surface area (Å²) in [5, 5.41) is 7.84. The normalized spacial score (nSPS) is 23.9. The van der Waals surface area contributed by atoms with Crippen molar-refractivity contribution in [2.24, 2.45) is 7.05 Å². The number of para-hydroxylation sites is 1. The van der Waals surface area contributed by atoms with Crippen molar-refractivity contribution in [3.05, 3.63) is 59.9 Å². The lowest BCUT2D eigenvalue weighted by molar-refractivity contribution is 0.0926. The molecule has 2 aliphatic rings. The summed E-state index contributed by atoms with van der Waals surface area (Å²) in [4.78, 5) is 13.4. The third-order valence-corrected chi connectivity index (χ3v) is 6.26. The Morgan fingerprint density at radius 3 is 2.46 bits per heavy atom. The Hall–Kier alpha value is -2.66. The number of benzene rings is 2. The van der Waals surface area contributed by atoms with E-state index in [2.05, 4.69) is 10.6 Å². The maximum Gasteiger partial charge on any atom is 0.254 e. The van der Waals surface area contributed by atoms with Gasteiger partial charge < -0.3 is 15.2 Å². The molecule has 2 saturated heterocycles. The van der Waals surface area contributed by atoms with Crippen LogP contribution in [0.15, 0.2) is 48.5 Å². The number of fused-ring (bicyclic) bond motifs is 3. The van der Waals surface area contributed by atoms with Crippen LogP contribution in [0, 0.1) is 5.82 Å². The molecule has 3 aromatic rings. The second kappa shape index (κ2) is 6.74. The third kappa shape index (κ3) is 2.90. The Morgan fingerprint density at radius 1 is 1.07 bits per heavy atom. The van der Waals surface area contributed by atoms with Gasteiger partial charge in [0.1, 0.15) is 5.82 Å². The molecule has 2 aromatic carbocycles. The van der Waals surface area contributed by atoms with E-state index >= 15 is 0 Å². The molecular formula is C23H24FN3O. The Bertz CT molecular complexity index is 1030. The zero-order chi connectivity index (χ0) is 19.3.